The van der Waals surface area contributed by atoms with Crippen molar-refractivity contribution in [1.82, 2.24) is 5.43 Å². The molecule has 0 heterocycles. The van der Waals surface area contributed by atoms with Gasteiger partial charge in [0.25, 0.3) is 0 Å². The van der Waals surface area contributed by atoms with Crippen molar-refractivity contribution in [1.29, 1.82) is 0 Å². The highest BCUT2D eigenvalue weighted by Crippen LogP contribution is 2.40. The normalized spacial score (nSPS) is 28.3. The molecule has 2 saturated carbocycles. The summed E-state index contributed by atoms with van der Waals surface area (Å²) in [4.78, 5) is 0. The van der Waals surface area contributed by atoms with E-state index < -0.39 is 0 Å². The highest BCUT2D eigenvalue weighted by atomic mass is 16.5. The average molecular weight is 260 g/mol. The van der Waals surface area contributed by atoms with E-state index in [-0.39, 0.29) is 6.04 Å². The van der Waals surface area contributed by atoms with E-state index in [1.54, 1.807) is 0 Å². The van der Waals surface area contributed by atoms with Gasteiger partial charge in [0, 0.05) is 6.04 Å². The standard InChI is InChI=1S/C16H24N2O/c1-11-3-2-4-15(11)16(18-17)12-5-7-13(8-6-12)19-14-9-10-14/h5-8,11,14-16,18H,2-4,9-10,17H2,1H3. The molecule has 104 valence electrons. The van der Waals surface area contributed by atoms with Gasteiger partial charge in [-0.3, -0.25) is 11.3 Å². The van der Waals surface area contributed by atoms with Crippen LogP contribution in [0.1, 0.15) is 50.6 Å². The Morgan fingerprint density at radius 1 is 1.16 bits per heavy atom. The summed E-state index contributed by atoms with van der Waals surface area (Å²) in [6.45, 7) is 2.34. The molecule has 3 atom stereocenters. The van der Waals surface area contributed by atoms with E-state index in [0.717, 1.165) is 11.7 Å². The summed E-state index contributed by atoms with van der Waals surface area (Å²) >= 11 is 0. The number of nitrogens with two attached hydrogens (primary N) is 1. The number of hydrogen-bond donors (Lipinski definition) is 2. The van der Waals surface area contributed by atoms with Crippen LogP contribution in [0.5, 0.6) is 5.75 Å². The number of nitrogens with one attached hydrogen (secondary N) is 1. The second-order valence-corrected chi connectivity index (χ2v) is 6.10. The SMILES string of the molecule is CC1CCCC1C(NN)c1ccc(OC2CC2)cc1. The fraction of sp³-hybridized carbons (Fsp3) is 0.625. The Balaban J connectivity index is 1.71. The summed E-state index contributed by atoms with van der Waals surface area (Å²) in [5.74, 6) is 8.19. The van der Waals surface area contributed by atoms with Crippen LogP contribution in [-0.4, -0.2) is 6.10 Å². The molecule has 2 fully saturated rings. The Bertz CT molecular complexity index is 413. The van der Waals surface area contributed by atoms with Crippen LogP contribution in [-0.2, 0) is 0 Å². The molecule has 0 bridgehead atoms. The second kappa shape index (κ2) is 5.51. The third-order valence-electron chi connectivity index (χ3n) is 4.60. The quantitative estimate of drug-likeness (QED) is 0.631. The zero-order valence-electron chi connectivity index (χ0n) is 11.6. The Hall–Kier alpha value is -1.06. The van der Waals surface area contributed by atoms with Gasteiger partial charge in [-0.15, -0.1) is 0 Å². The second-order valence-electron chi connectivity index (χ2n) is 6.10. The molecule has 3 heteroatoms. The number of hydrazine groups is 1. The lowest BCUT2D eigenvalue weighted by Crippen LogP contribution is -2.34. The molecule has 1 aromatic carbocycles. The van der Waals surface area contributed by atoms with E-state index in [4.69, 9.17) is 10.6 Å². The van der Waals surface area contributed by atoms with Gasteiger partial charge in [-0.25, -0.2) is 0 Å². The molecule has 0 radical (unpaired) electrons. The fourth-order valence-corrected chi connectivity index (χ4v) is 3.27. The minimum absolute atomic E-state index is 0.271. The summed E-state index contributed by atoms with van der Waals surface area (Å²) in [5.41, 5.74) is 4.30. The molecule has 3 rings (SSSR count). The topological polar surface area (TPSA) is 47.3 Å². The van der Waals surface area contributed by atoms with E-state index in [1.807, 2.05) is 0 Å². The first-order valence-corrected chi connectivity index (χ1v) is 7.50. The summed E-state index contributed by atoms with van der Waals surface area (Å²) in [6.07, 6.45) is 6.79. The first kappa shape index (κ1) is 12.9. The first-order chi connectivity index (χ1) is 9.28. The summed E-state index contributed by atoms with van der Waals surface area (Å²) in [6, 6.07) is 8.75. The predicted octanol–water partition coefficient (Wildman–Crippen LogP) is 3.17. The van der Waals surface area contributed by atoms with Crippen molar-refractivity contribution in [2.24, 2.45) is 17.7 Å². The van der Waals surface area contributed by atoms with Crippen molar-refractivity contribution in [2.45, 2.75) is 51.2 Å². The molecular weight excluding hydrogens is 236 g/mol. The van der Waals surface area contributed by atoms with Gasteiger partial charge in [0.15, 0.2) is 0 Å². The van der Waals surface area contributed by atoms with E-state index in [0.29, 0.717) is 12.0 Å². The summed E-state index contributed by atoms with van der Waals surface area (Å²) < 4.78 is 5.79. The highest BCUT2D eigenvalue weighted by Gasteiger charge is 2.31. The number of ether oxygens (including phenoxy) is 1. The molecule has 3 unspecified atom stereocenters. The third-order valence-corrected chi connectivity index (χ3v) is 4.60. The van der Waals surface area contributed by atoms with Crippen LogP contribution in [0.15, 0.2) is 24.3 Å². The van der Waals surface area contributed by atoms with Gasteiger partial charge in [-0.05, 0) is 48.8 Å². The van der Waals surface area contributed by atoms with Crippen LogP contribution in [0.2, 0.25) is 0 Å². The molecular formula is C16H24N2O. The first-order valence-electron chi connectivity index (χ1n) is 7.50. The maximum atomic E-state index is 5.79. The predicted molar refractivity (Wildman–Crippen MR) is 76.7 cm³/mol. The minimum atomic E-state index is 0.271. The summed E-state index contributed by atoms with van der Waals surface area (Å²) in [5, 5.41) is 0. The number of hydrogen-bond acceptors (Lipinski definition) is 3. The van der Waals surface area contributed by atoms with Crippen LogP contribution in [0.4, 0.5) is 0 Å². The maximum Gasteiger partial charge on any atom is 0.119 e. The molecule has 2 aliphatic rings. The smallest absolute Gasteiger partial charge is 0.119 e. The molecule has 19 heavy (non-hydrogen) atoms. The van der Waals surface area contributed by atoms with Gasteiger partial charge in [0.1, 0.15) is 5.75 Å². The Morgan fingerprint density at radius 2 is 1.89 bits per heavy atom. The number of rotatable bonds is 5. The van der Waals surface area contributed by atoms with Gasteiger partial charge in [-0.2, -0.15) is 0 Å². The minimum Gasteiger partial charge on any atom is -0.490 e. The lowest BCUT2D eigenvalue weighted by molar-refractivity contribution is 0.298. The lowest BCUT2D eigenvalue weighted by Gasteiger charge is -2.26. The molecule has 0 saturated heterocycles. The van der Waals surface area contributed by atoms with Crippen LogP contribution in [0.25, 0.3) is 0 Å². The molecule has 3 nitrogen and oxygen atoms in total. The Labute approximate surface area is 115 Å². The molecule has 0 spiro atoms. The molecule has 2 aliphatic carbocycles. The van der Waals surface area contributed by atoms with Crippen molar-refractivity contribution >= 4 is 0 Å². The molecule has 0 aliphatic heterocycles. The van der Waals surface area contributed by atoms with E-state index in [1.165, 1.54) is 37.7 Å². The maximum absolute atomic E-state index is 5.79. The van der Waals surface area contributed by atoms with Gasteiger partial charge >= 0.3 is 0 Å². The molecule has 1 aromatic rings. The summed E-state index contributed by atoms with van der Waals surface area (Å²) in [7, 11) is 0. The molecule has 0 aromatic heterocycles. The van der Waals surface area contributed by atoms with Gasteiger partial charge in [-0.1, -0.05) is 31.9 Å². The van der Waals surface area contributed by atoms with Crippen LogP contribution in [0.3, 0.4) is 0 Å². The Morgan fingerprint density at radius 3 is 2.42 bits per heavy atom. The van der Waals surface area contributed by atoms with Crippen molar-refractivity contribution < 1.29 is 4.74 Å². The van der Waals surface area contributed by atoms with Gasteiger partial charge in [0.2, 0.25) is 0 Å². The largest absolute Gasteiger partial charge is 0.490 e. The van der Waals surface area contributed by atoms with Crippen molar-refractivity contribution in [2.75, 3.05) is 0 Å². The van der Waals surface area contributed by atoms with Crippen molar-refractivity contribution in [3.8, 4) is 5.75 Å². The van der Waals surface area contributed by atoms with Crippen molar-refractivity contribution in [3.05, 3.63) is 29.8 Å². The average Bonchev–Trinajstić information content (AvgIpc) is 3.14. The van der Waals surface area contributed by atoms with Gasteiger partial charge < -0.3 is 4.74 Å². The highest BCUT2D eigenvalue weighted by molar-refractivity contribution is 5.30. The monoisotopic (exact) mass is 260 g/mol. The van der Waals surface area contributed by atoms with Crippen LogP contribution >= 0.6 is 0 Å². The zero-order valence-corrected chi connectivity index (χ0v) is 11.6. The Kier molecular flexibility index (Phi) is 3.76. The van der Waals surface area contributed by atoms with Crippen molar-refractivity contribution in [3.63, 3.8) is 0 Å². The third kappa shape index (κ3) is 2.93. The van der Waals surface area contributed by atoms with Crippen LogP contribution in [0, 0.1) is 11.8 Å². The van der Waals surface area contributed by atoms with E-state index in [2.05, 4.69) is 36.6 Å². The van der Waals surface area contributed by atoms with Crippen LogP contribution < -0.4 is 16.0 Å². The lowest BCUT2D eigenvalue weighted by atomic mass is 9.86. The zero-order chi connectivity index (χ0) is 13.2. The number of benzene rings is 1. The van der Waals surface area contributed by atoms with Gasteiger partial charge in [0.05, 0.1) is 6.10 Å². The van der Waals surface area contributed by atoms with E-state index >= 15 is 0 Å². The molecule has 0 amide bonds. The fourth-order valence-electron chi connectivity index (χ4n) is 3.27. The van der Waals surface area contributed by atoms with E-state index in [9.17, 15) is 0 Å². The molecule has 3 N–H and O–H groups in total.